The van der Waals surface area contributed by atoms with E-state index in [2.05, 4.69) is 35.4 Å². The lowest BCUT2D eigenvalue weighted by atomic mass is 9.78. The SMILES string of the molecule is CCn1cc(CN2CC(C)NCC23CCCCC3)cn1. The summed E-state index contributed by atoms with van der Waals surface area (Å²) in [6.07, 6.45) is 11.2. The van der Waals surface area contributed by atoms with E-state index >= 15 is 0 Å². The lowest BCUT2D eigenvalue weighted by molar-refractivity contribution is 0.00616. The lowest BCUT2D eigenvalue weighted by Crippen LogP contribution is -2.64. The number of aryl methyl sites for hydroxylation is 1. The Kier molecular flexibility index (Phi) is 4.13. The molecule has 4 heteroatoms. The first-order valence-electron chi connectivity index (χ1n) is 8.22. The molecule has 1 aliphatic heterocycles. The molecule has 0 radical (unpaired) electrons. The molecule has 1 saturated heterocycles. The van der Waals surface area contributed by atoms with Crippen LogP contribution >= 0.6 is 0 Å². The summed E-state index contributed by atoms with van der Waals surface area (Å²) in [7, 11) is 0. The molecular formula is C16H28N4. The van der Waals surface area contributed by atoms with Crippen LogP contribution in [-0.2, 0) is 13.1 Å². The van der Waals surface area contributed by atoms with Gasteiger partial charge in [-0.05, 0) is 26.7 Å². The molecule has 4 nitrogen and oxygen atoms in total. The van der Waals surface area contributed by atoms with Gasteiger partial charge in [-0.15, -0.1) is 0 Å². The van der Waals surface area contributed by atoms with Crippen molar-refractivity contribution in [3.63, 3.8) is 0 Å². The summed E-state index contributed by atoms with van der Waals surface area (Å²) in [5.74, 6) is 0. The van der Waals surface area contributed by atoms with E-state index < -0.39 is 0 Å². The first-order chi connectivity index (χ1) is 9.72. The molecule has 2 fully saturated rings. The summed E-state index contributed by atoms with van der Waals surface area (Å²) >= 11 is 0. The number of aromatic nitrogens is 2. The largest absolute Gasteiger partial charge is 0.311 e. The molecule has 1 unspecified atom stereocenters. The van der Waals surface area contributed by atoms with Gasteiger partial charge < -0.3 is 5.32 Å². The van der Waals surface area contributed by atoms with E-state index in [0.29, 0.717) is 11.6 Å². The minimum atomic E-state index is 0.402. The topological polar surface area (TPSA) is 33.1 Å². The van der Waals surface area contributed by atoms with Crippen LogP contribution in [0.3, 0.4) is 0 Å². The van der Waals surface area contributed by atoms with Crippen molar-refractivity contribution < 1.29 is 0 Å². The molecule has 0 amide bonds. The predicted molar refractivity (Wildman–Crippen MR) is 81.6 cm³/mol. The number of hydrogen-bond acceptors (Lipinski definition) is 3. The van der Waals surface area contributed by atoms with Crippen LogP contribution in [0.4, 0.5) is 0 Å². The van der Waals surface area contributed by atoms with Gasteiger partial charge in [0, 0.05) is 49.5 Å². The van der Waals surface area contributed by atoms with Gasteiger partial charge in [-0.1, -0.05) is 19.3 Å². The smallest absolute Gasteiger partial charge is 0.0534 e. The Morgan fingerprint density at radius 2 is 2.15 bits per heavy atom. The Morgan fingerprint density at radius 3 is 2.85 bits per heavy atom. The highest BCUT2D eigenvalue weighted by Gasteiger charge is 2.41. The van der Waals surface area contributed by atoms with Crippen molar-refractivity contribution in [2.24, 2.45) is 0 Å². The highest BCUT2D eigenvalue weighted by molar-refractivity contribution is 5.08. The molecule has 20 heavy (non-hydrogen) atoms. The molecule has 1 N–H and O–H groups in total. The maximum Gasteiger partial charge on any atom is 0.0534 e. The van der Waals surface area contributed by atoms with Crippen LogP contribution in [0, 0.1) is 0 Å². The summed E-state index contributed by atoms with van der Waals surface area (Å²) in [5, 5.41) is 8.14. The first kappa shape index (κ1) is 14.1. The molecule has 2 heterocycles. The summed E-state index contributed by atoms with van der Waals surface area (Å²) < 4.78 is 2.04. The number of nitrogens with one attached hydrogen (secondary N) is 1. The zero-order valence-corrected chi connectivity index (χ0v) is 12.9. The molecule has 1 saturated carbocycles. The zero-order chi connectivity index (χ0) is 14.0. The van der Waals surface area contributed by atoms with Crippen LogP contribution in [0.2, 0.25) is 0 Å². The summed E-state index contributed by atoms with van der Waals surface area (Å²) in [6.45, 7) is 8.80. The standard InChI is InChI=1S/C16H28N4/c1-3-20-12-15(9-18-20)11-19-10-14(2)17-13-16(19)7-5-4-6-8-16/h9,12,14,17H,3-8,10-11,13H2,1-2H3. The molecule has 2 aliphatic rings. The highest BCUT2D eigenvalue weighted by atomic mass is 15.3. The second-order valence-electron chi connectivity index (χ2n) is 6.65. The fraction of sp³-hybridized carbons (Fsp3) is 0.812. The van der Waals surface area contributed by atoms with Gasteiger partial charge in [0.1, 0.15) is 0 Å². The predicted octanol–water partition coefficient (Wildman–Crippen LogP) is 2.40. The van der Waals surface area contributed by atoms with Gasteiger partial charge in [0.25, 0.3) is 0 Å². The molecule has 1 atom stereocenters. The average Bonchev–Trinajstić information content (AvgIpc) is 2.92. The summed E-state index contributed by atoms with van der Waals surface area (Å²) in [4.78, 5) is 2.74. The van der Waals surface area contributed by atoms with Gasteiger partial charge >= 0.3 is 0 Å². The van der Waals surface area contributed by atoms with Gasteiger partial charge in [-0.25, -0.2) is 0 Å². The van der Waals surface area contributed by atoms with Crippen molar-refractivity contribution in [2.75, 3.05) is 13.1 Å². The Balaban J connectivity index is 1.75. The third kappa shape index (κ3) is 2.77. The molecule has 3 rings (SSSR count). The van der Waals surface area contributed by atoms with Gasteiger partial charge in [0.15, 0.2) is 0 Å². The molecule has 0 aromatic carbocycles. The van der Waals surface area contributed by atoms with E-state index in [9.17, 15) is 0 Å². The number of piperazine rings is 1. The molecule has 112 valence electrons. The maximum absolute atomic E-state index is 4.43. The maximum atomic E-state index is 4.43. The molecule has 1 aliphatic carbocycles. The van der Waals surface area contributed by atoms with Crippen LogP contribution in [0.15, 0.2) is 12.4 Å². The minimum Gasteiger partial charge on any atom is -0.311 e. The van der Waals surface area contributed by atoms with Crippen LogP contribution in [0.25, 0.3) is 0 Å². The fourth-order valence-corrected chi connectivity index (χ4v) is 3.88. The van der Waals surface area contributed by atoms with E-state index in [0.717, 1.165) is 26.2 Å². The Labute approximate surface area is 122 Å². The van der Waals surface area contributed by atoms with Crippen LogP contribution in [0.5, 0.6) is 0 Å². The van der Waals surface area contributed by atoms with Crippen molar-refractivity contribution >= 4 is 0 Å². The monoisotopic (exact) mass is 276 g/mol. The molecule has 1 aromatic rings. The second-order valence-corrected chi connectivity index (χ2v) is 6.65. The molecular weight excluding hydrogens is 248 g/mol. The summed E-state index contributed by atoms with van der Waals surface area (Å²) in [6, 6.07) is 0.601. The number of rotatable bonds is 3. The first-order valence-corrected chi connectivity index (χ1v) is 8.22. The second kappa shape index (κ2) is 5.86. The highest BCUT2D eigenvalue weighted by Crippen LogP contribution is 2.36. The third-order valence-electron chi connectivity index (χ3n) is 5.11. The Bertz CT molecular complexity index is 433. The van der Waals surface area contributed by atoms with E-state index in [-0.39, 0.29) is 0 Å². The Hall–Kier alpha value is -0.870. The van der Waals surface area contributed by atoms with E-state index in [4.69, 9.17) is 0 Å². The van der Waals surface area contributed by atoms with Crippen molar-refractivity contribution in [1.29, 1.82) is 0 Å². The van der Waals surface area contributed by atoms with Gasteiger partial charge in [-0.3, -0.25) is 9.58 Å². The van der Waals surface area contributed by atoms with Gasteiger partial charge in [0.05, 0.1) is 6.20 Å². The number of nitrogens with zero attached hydrogens (tertiary/aromatic N) is 3. The van der Waals surface area contributed by atoms with Crippen molar-refractivity contribution in [3.8, 4) is 0 Å². The van der Waals surface area contributed by atoms with Crippen LogP contribution < -0.4 is 5.32 Å². The van der Waals surface area contributed by atoms with Crippen molar-refractivity contribution in [3.05, 3.63) is 18.0 Å². The lowest BCUT2D eigenvalue weighted by Gasteiger charge is -2.51. The van der Waals surface area contributed by atoms with Gasteiger partial charge in [-0.2, -0.15) is 5.10 Å². The average molecular weight is 276 g/mol. The summed E-state index contributed by atoms with van der Waals surface area (Å²) in [5.41, 5.74) is 1.77. The van der Waals surface area contributed by atoms with Crippen molar-refractivity contribution in [1.82, 2.24) is 20.0 Å². The molecule has 1 aromatic heterocycles. The van der Waals surface area contributed by atoms with Crippen LogP contribution in [0.1, 0.15) is 51.5 Å². The minimum absolute atomic E-state index is 0.402. The normalized spacial score (nSPS) is 27.0. The third-order valence-corrected chi connectivity index (χ3v) is 5.11. The van der Waals surface area contributed by atoms with E-state index in [1.54, 1.807) is 0 Å². The van der Waals surface area contributed by atoms with Gasteiger partial charge in [0.2, 0.25) is 0 Å². The van der Waals surface area contributed by atoms with Crippen LogP contribution in [-0.4, -0.2) is 39.4 Å². The quantitative estimate of drug-likeness (QED) is 0.920. The van der Waals surface area contributed by atoms with Crippen molar-refractivity contribution in [2.45, 2.75) is 70.6 Å². The van der Waals surface area contributed by atoms with E-state index in [1.165, 1.54) is 37.7 Å². The molecule has 0 bridgehead atoms. The number of hydrogen-bond donors (Lipinski definition) is 1. The fourth-order valence-electron chi connectivity index (χ4n) is 3.88. The Morgan fingerprint density at radius 1 is 1.35 bits per heavy atom. The van der Waals surface area contributed by atoms with E-state index in [1.807, 2.05) is 10.9 Å². The zero-order valence-electron chi connectivity index (χ0n) is 12.9. The molecule has 1 spiro atoms.